The third-order valence-corrected chi connectivity index (χ3v) is 5.08. The molecule has 0 aromatic heterocycles. The highest BCUT2D eigenvalue weighted by atomic mass is 35.5. The van der Waals surface area contributed by atoms with Crippen LogP contribution in [0.1, 0.15) is 12.5 Å². The van der Waals surface area contributed by atoms with E-state index in [2.05, 4.69) is 11.8 Å². The van der Waals surface area contributed by atoms with Gasteiger partial charge in [0, 0.05) is 11.6 Å². The molecule has 0 aliphatic carbocycles. The second-order valence-electron chi connectivity index (χ2n) is 4.54. The van der Waals surface area contributed by atoms with Crippen molar-refractivity contribution in [3.8, 4) is 11.8 Å². The molecule has 1 aliphatic heterocycles. The zero-order chi connectivity index (χ0) is 14.0. The van der Waals surface area contributed by atoms with E-state index < -0.39 is 10.0 Å². The summed E-state index contributed by atoms with van der Waals surface area (Å²) in [6.45, 7) is 2.05. The van der Waals surface area contributed by atoms with Gasteiger partial charge in [-0.05, 0) is 24.1 Å². The van der Waals surface area contributed by atoms with E-state index in [4.69, 9.17) is 16.7 Å². The number of hydrogen-bond acceptors (Lipinski definition) is 3. The monoisotopic (exact) mass is 299 g/mol. The topological polar surface area (TPSA) is 57.6 Å². The molecule has 4 nitrogen and oxygen atoms in total. The van der Waals surface area contributed by atoms with Gasteiger partial charge in [0.15, 0.2) is 0 Å². The molecular weight excluding hydrogens is 286 g/mol. The molecule has 1 aliphatic rings. The van der Waals surface area contributed by atoms with Crippen molar-refractivity contribution in [1.82, 2.24) is 0 Å². The summed E-state index contributed by atoms with van der Waals surface area (Å²) in [6.07, 6.45) is 0. The predicted molar refractivity (Wildman–Crippen MR) is 75.7 cm³/mol. The molecule has 1 N–H and O–H groups in total. The van der Waals surface area contributed by atoms with Gasteiger partial charge in [-0.25, -0.2) is 8.42 Å². The summed E-state index contributed by atoms with van der Waals surface area (Å²) in [5.41, 5.74) is 1.04. The third kappa shape index (κ3) is 3.03. The summed E-state index contributed by atoms with van der Waals surface area (Å²) in [6, 6.07) is 4.90. The van der Waals surface area contributed by atoms with Crippen LogP contribution in [0, 0.1) is 17.8 Å². The van der Waals surface area contributed by atoms with E-state index in [-0.39, 0.29) is 18.3 Å². The summed E-state index contributed by atoms with van der Waals surface area (Å²) in [5.74, 6) is 5.49. The van der Waals surface area contributed by atoms with Crippen LogP contribution >= 0.6 is 11.6 Å². The molecule has 0 amide bonds. The molecular formula is C13H14ClNO3S. The van der Waals surface area contributed by atoms with Crippen molar-refractivity contribution >= 4 is 27.3 Å². The maximum absolute atomic E-state index is 12.1. The van der Waals surface area contributed by atoms with Crippen LogP contribution in [0.25, 0.3) is 0 Å². The molecule has 1 heterocycles. The predicted octanol–water partition coefficient (Wildman–Crippen LogP) is 1.47. The minimum Gasteiger partial charge on any atom is -0.384 e. The maximum atomic E-state index is 12.1. The Morgan fingerprint density at radius 1 is 1.53 bits per heavy atom. The van der Waals surface area contributed by atoms with Crippen molar-refractivity contribution in [3.05, 3.63) is 28.8 Å². The number of nitrogens with zero attached hydrogens (tertiary/aromatic N) is 1. The molecule has 0 saturated carbocycles. The molecule has 6 heteroatoms. The standard InChI is InChI=1S/C13H14ClNO3S/c1-10-8-15(19(17,18)9-10)13-5-4-12(14)7-11(13)3-2-6-16/h4-5,7,10,16H,6,8-9H2,1H3. The Morgan fingerprint density at radius 3 is 2.84 bits per heavy atom. The third-order valence-electron chi connectivity index (χ3n) is 2.84. The molecule has 1 aromatic carbocycles. The highest BCUT2D eigenvalue weighted by Crippen LogP contribution is 2.31. The van der Waals surface area contributed by atoms with E-state index in [9.17, 15) is 8.42 Å². The van der Waals surface area contributed by atoms with Crippen molar-refractivity contribution in [2.75, 3.05) is 23.2 Å². The summed E-state index contributed by atoms with van der Waals surface area (Å²) in [5, 5.41) is 9.24. The normalized spacial score (nSPS) is 21.0. The number of halogens is 1. The molecule has 0 radical (unpaired) electrons. The quantitative estimate of drug-likeness (QED) is 0.799. The second kappa shape index (κ2) is 5.41. The average molecular weight is 300 g/mol. The molecule has 2 rings (SSSR count). The number of aliphatic hydroxyl groups excluding tert-OH is 1. The lowest BCUT2D eigenvalue weighted by Gasteiger charge is -2.19. The van der Waals surface area contributed by atoms with Crippen LogP contribution in [0.15, 0.2) is 18.2 Å². The van der Waals surface area contributed by atoms with Gasteiger partial charge in [-0.15, -0.1) is 0 Å². The van der Waals surface area contributed by atoms with Gasteiger partial charge in [0.25, 0.3) is 0 Å². The number of benzene rings is 1. The van der Waals surface area contributed by atoms with Gasteiger partial charge < -0.3 is 5.11 Å². The summed E-state index contributed by atoms with van der Waals surface area (Å²) >= 11 is 5.90. The van der Waals surface area contributed by atoms with Crippen LogP contribution in [0.3, 0.4) is 0 Å². The van der Waals surface area contributed by atoms with E-state index >= 15 is 0 Å². The lowest BCUT2D eigenvalue weighted by molar-refractivity contribution is 0.350. The van der Waals surface area contributed by atoms with Gasteiger partial charge in [-0.2, -0.15) is 0 Å². The first-order valence-corrected chi connectivity index (χ1v) is 7.82. The fourth-order valence-electron chi connectivity index (χ4n) is 2.11. The molecule has 1 aromatic rings. The Bertz CT molecular complexity index is 646. The Kier molecular flexibility index (Phi) is 4.04. The fourth-order valence-corrected chi connectivity index (χ4v) is 4.22. The first kappa shape index (κ1) is 14.2. The number of sulfonamides is 1. The van der Waals surface area contributed by atoms with Gasteiger partial charge in [-0.1, -0.05) is 30.4 Å². The van der Waals surface area contributed by atoms with Gasteiger partial charge in [0.1, 0.15) is 6.61 Å². The van der Waals surface area contributed by atoms with Crippen molar-refractivity contribution in [2.45, 2.75) is 6.92 Å². The number of anilines is 1. The molecule has 102 valence electrons. The van der Waals surface area contributed by atoms with E-state index in [1.165, 1.54) is 4.31 Å². The van der Waals surface area contributed by atoms with E-state index in [1.807, 2.05) is 6.92 Å². The van der Waals surface area contributed by atoms with Crippen LogP contribution in [-0.2, 0) is 10.0 Å². The zero-order valence-corrected chi connectivity index (χ0v) is 12.0. The Hall–Kier alpha value is -1.22. The second-order valence-corrected chi connectivity index (χ2v) is 6.91. The fraction of sp³-hybridized carbons (Fsp3) is 0.385. The first-order valence-electron chi connectivity index (χ1n) is 5.84. The van der Waals surface area contributed by atoms with Crippen LogP contribution in [0.5, 0.6) is 0 Å². The minimum absolute atomic E-state index is 0.0827. The smallest absolute Gasteiger partial charge is 0.235 e. The Balaban J connectivity index is 2.51. The number of aliphatic hydroxyl groups is 1. The average Bonchev–Trinajstić information content (AvgIpc) is 2.60. The van der Waals surface area contributed by atoms with Crippen molar-refractivity contribution < 1.29 is 13.5 Å². The lowest BCUT2D eigenvalue weighted by atomic mass is 10.1. The van der Waals surface area contributed by atoms with Crippen LogP contribution in [0.4, 0.5) is 5.69 Å². The highest BCUT2D eigenvalue weighted by Gasteiger charge is 2.34. The highest BCUT2D eigenvalue weighted by molar-refractivity contribution is 7.93. The molecule has 1 atom stereocenters. The van der Waals surface area contributed by atoms with Crippen LogP contribution in [0.2, 0.25) is 5.02 Å². The number of hydrogen-bond donors (Lipinski definition) is 1. The molecule has 0 spiro atoms. The lowest BCUT2D eigenvalue weighted by Crippen LogP contribution is -2.26. The summed E-state index contributed by atoms with van der Waals surface area (Å²) in [4.78, 5) is 0. The largest absolute Gasteiger partial charge is 0.384 e. The van der Waals surface area contributed by atoms with Gasteiger partial charge in [-0.3, -0.25) is 4.31 Å². The maximum Gasteiger partial charge on any atom is 0.235 e. The van der Waals surface area contributed by atoms with Gasteiger partial charge in [0.05, 0.1) is 17.0 Å². The number of rotatable bonds is 1. The SMILES string of the molecule is CC1CN(c2ccc(Cl)cc2C#CCO)S(=O)(=O)C1. The van der Waals surface area contributed by atoms with Crippen molar-refractivity contribution in [2.24, 2.45) is 5.92 Å². The van der Waals surface area contributed by atoms with Crippen LogP contribution in [-0.4, -0.2) is 32.4 Å². The Morgan fingerprint density at radius 2 is 2.26 bits per heavy atom. The molecule has 1 saturated heterocycles. The zero-order valence-electron chi connectivity index (χ0n) is 10.4. The van der Waals surface area contributed by atoms with Gasteiger partial charge >= 0.3 is 0 Å². The summed E-state index contributed by atoms with van der Waals surface area (Å²) < 4.78 is 25.5. The van der Waals surface area contributed by atoms with Crippen molar-refractivity contribution in [3.63, 3.8) is 0 Å². The molecule has 0 bridgehead atoms. The molecule has 19 heavy (non-hydrogen) atoms. The first-order chi connectivity index (χ1) is 8.94. The minimum atomic E-state index is -3.29. The van der Waals surface area contributed by atoms with E-state index in [1.54, 1.807) is 18.2 Å². The van der Waals surface area contributed by atoms with Crippen molar-refractivity contribution in [1.29, 1.82) is 0 Å². The van der Waals surface area contributed by atoms with E-state index in [0.717, 1.165) is 0 Å². The molecule has 1 fully saturated rings. The molecule has 1 unspecified atom stereocenters. The summed E-state index contributed by atoms with van der Waals surface area (Å²) in [7, 11) is -3.29. The van der Waals surface area contributed by atoms with E-state index in [0.29, 0.717) is 22.8 Å². The Labute approximate surface area is 118 Å². The van der Waals surface area contributed by atoms with Crippen LogP contribution < -0.4 is 4.31 Å². The van der Waals surface area contributed by atoms with Gasteiger partial charge in [0.2, 0.25) is 10.0 Å².